The second-order valence-electron chi connectivity index (χ2n) is 6.58. The van der Waals surface area contributed by atoms with Crippen LogP contribution in [0.25, 0.3) is 0 Å². The van der Waals surface area contributed by atoms with E-state index in [4.69, 9.17) is 4.74 Å². The minimum atomic E-state index is -0.813. The average Bonchev–Trinajstić information content (AvgIpc) is 2.58. The Morgan fingerprint density at radius 2 is 1.88 bits per heavy atom. The number of likely N-dealkylation sites (tertiary alicyclic amines) is 1. The maximum Gasteiger partial charge on any atom is 0.396 e. The summed E-state index contributed by atoms with van der Waals surface area (Å²) in [6.45, 7) is 8.66. The second-order valence-corrected chi connectivity index (χ2v) is 6.58. The van der Waals surface area contributed by atoms with Crippen molar-refractivity contribution in [3.63, 3.8) is 0 Å². The Morgan fingerprint density at radius 3 is 2.46 bits per heavy atom. The fraction of sp³-hybridized carbons (Fsp3) is 0.579. The first-order chi connectivity index (χ1) is 11.5. The van der Waals surface area contributed by atoms with Crippen molar-refractivity contribution < 1.29 is 14.3 Å². The molecule has 1 aromatic carbocycles. The Hall–Kier alpha value is -1.88. The molecule has 0 bridgehead atoms. The molecule has 1 fully saturated rings. The van der Waals surface area contributed by atoms with E-state index in [0.29, 0.717) is 6.54 Å². The minimum Gasteiger partial charge on any atom is -0.459 e. The number of aryl methyl sites for hydroxylation is 1. The monoisotopic (exact) mass is 332 g/mol. The number of hydrogen-bond acceptors (Lipinski definition) is 4. The van der Waals surface area contributed by atoms with Crippen molar-refractivity contribution in [3.05, 3.63) is 35.4 Å². The third-order valence-electron chi connectivity index (χ3n) is 4.64. The van der Waals surface area contributed by atoms with E-state index in [1.165, 1.54) is 11.1 Å². The molecule has 1 aromatic rings. The summed E-state index contributed by atoms with van der Waals surface area (Å²) in [6.07, 6.45) is 2.32. The van der Waals surface area contributed by atoms with Crippen LogP contribution < -0.4 is 5.32 Å². The average molecular weight is 332 g/mol. The lowest BCUT2D eigenvalue weighted by atomic mass is 9.95. The Morgan fingerprint density at radius 1 is 1.25 bits per heavy atom. The van der Waals surface area contributed by atoms with Crippen molar-refractivity contribution in [2.24, 2.45) is 5.92 Å². The first-order valence-corrected chi connectivity index (χ1v) is 8.76. The number of rotatable bonds is 5. The summed E-state index contributed by atoms with van der Waals surface area (Å²) in [7, 11) is 0. The van der Waals surface area contributed by atoms with Gasteiger partial charge in [-0.05, 0) is 51.3 Å². The summed E-state index contributed by atoms with van der Waals surface area (Å²) >= 11 is 0. The van der Waals surface area contributed by atoms with Crippen LogP contribution in [-0.2, 0) is 14.3 Å². The molecule has 1 heterocycles. The molecule has 0 aromatic heterocycles. The highest BCUT2D eigenvalue weighted by atomic mass is 16.5. The number of carbonyl (C=O) groups excluding carboxylic acids is 2. The predicted molar refractivity (Wildman–Crippen MR) is 93.5 cm³/mol. The number of carbonyl (C=O) groups is 2. The molecule has 1 aliphatic rings. The van der Waals surface area contributed by atoms with E-state index in [2.05, 4.69) is 48.3 Å². The van der Waals surface area contributed by atoms with Gasteiger partial charge in [-0.3, -0.25) is 9.69 Å². The van der Waals surface area contributed by atoms with Crippen LogP contribution in [0.3, 0.4) is 0 Å². The normalized spacial score (nSPS) is 17.3. The largest absolute Gasteiger partial charge is 0.459 e. The number of amides is 1. The van der Waals surface area contributed by atoms with Gasteiger partial charge in [-0.2, -0.15) is 0 Å². The lowest BCUT2D eigenvalue weighted by Gasteiger charge is -2.37. The molecule has 132 valence electrons. The first-order valence-electron chi connectivity index (χ1n) is 8.76. The Kier molecular flexibility index (Phi) is 6.79. The maximum absolute atomic E-state index is 11.9. The second kappa shape index (κ2) is 8.83. The van der Waals surface area contributed by atoms with Crippen LogP contribution in [0.4, 0.5) is 0 Å². The van der Waals surface area contributed by atoms with Gasteiger partial charge in [-0.25, -0.2) is 4.79 Å². The van der Waals surface area contributed by atoms with Crippen LogP contribution in [0.5, 0.6) is 0 Å². The SMILES string of the molecule is CCOC(=O)C(=O)NCC(c1ccc(C)cc1)N1CCC(C)CC1. The zero-order valence-corrected chi connectivity index (χ0v) is 14.9. The molecule has 0 saturated carbocycles. The topological polar surface area (TPSA) is 58.6 Å². The van der Waals surface area contributed by atoms with E-state index >= 15 is 0 Å². The highest BCUT2D eigenvalue weighted by molar-refractivity contribution is 6.32. The van der Waals surface area contributed by atoms with Gasteiger partial charge in [0.1, 0.15) is 0 Å². The third kappa shape index (κ3) is 5.06. The summed E-state index contributed by atoms with van der Waals surface area (Å²) < 4.78 is 4.75. The minimum absolute atomic E-state index is 0.0801. The van der Waals surface area contributed by atoms with Crippen LogP contribution in [-0.4, -0.2) is 43.0 Å². The molecule has 1 saturated heterocycles. The molecule has 1 atom stereocenters. The molecule has 5 nitrogen and oxygen atoms in total. The first kappa shape index (κ1) is 18.5. The van der Waals surface area contributed by atoms with Gasteiger partial charge in [-0.1, -0.05) is 36.8 Å². The highest BCUT2D eigenvalue weighted by Gasteiger charge is 2.26. The number of nitrogens with one attached hydrogen (secondary N) is 1. The summed E-state index contributed by atoms with van der Waals surface area (Å²) in [5.74, 6) is -0.735. The van der Waals surface area contributed by atoms with Crippen LogP contribution in [0, 0.1) is 12.8 Å². The van der Waals surface area contributed by atoms with Crippen LogP contribution >= 0.6 is 0 Å². The van der Waals surface area contributed by atoms with E-state index in [1.54, 1.807) is 6.92 Å². The van der Waals surface area contributed by atoms with Gasteiger partial charge in [0.15, 0.2) is 0 Å². The third-order valence-corrected chi connectivity index (χ3v) is 4.64. The van der Waals surface area contributed by atoms with E-state index in [0.717, 1.165) is 31.8 Å². The molecule has 1 unspecified atom stereocenters. The van der Waals surface area contributed by atoms with E-state index in [9.17, 15) is 9.59 Å². The molecule has 2 rings (SSSR count). The zero-order chi connectivity index (χ0) is 17.5. The number of hydrogen-bond donors (Lipinski definition) is 1. The van der Waals surface area contributed by atoms with Crippen molar-refractivity contribution in [2.45, 2.75) is 39.7 Å². The summed E-state index contributed by atoms with van der Waals surface area (Å²) in [6, 6.07) is 8.46. The number of esters is 1. The van der Waals surface area contributed by atoms with E-state index < -0.39 is 11.9 Å². The van der Waals surface area contributed by atoms with Crippen LogP contribution in [0.1, 0.15) is 43.9 Å². The molecule has 5 heteroatoms. The summed E-state index contributed by atoms with van der Waals surface area (Å²) in [5, 5.41) is 2.73. The molecular formula is C19H28N2O3. The number of nitrogens with zero attached hydrogens (tertiary/aromatic N) is 1. The van der Waals surface area contributed by atoms with Gasteiger partial charge in [0.05, 0.1) is 12.6 Å². The molecule has 1 amide bonds. The summed E-state index contributed by atoms with van der Waals surface area (Å²) in [5.41, 5.74) is 2.37. The van der Waals surface area contributed by atoms with Gasteiger partial charge in [0.25, 0.3) is 0 Å². The zero-order valence-electron chi connectivity index (χ0n) is 14.9. The van der Waals surface area contributed by atoms with Gasteiger partial charge >= 0.3 is 11.9 Å². The van der Waals surface area contributed by atoms with E-state index in [1.807, 2.05) is 0 Å². The number of piperidine rings is 1. The Bertz CT molecular complexity index is 548. The van der Waals surface area contributed by atoms with Crippen molar-refractivity contribution in [3.8, 4) is 0 Å². The van der Waals surface area contributed by atoms with Gasteiger partial charge in [-0.15, -0.1) is 0 Å². The molecule has 0 spiro atoms. The molecule has 1 aliphatic heterocycles. The Balaban J connectivity index is 2.06. The quantitative estimate of drug-likeness (QED) is 0.665. The number of ether oxygens (including phenoxy) is 1. The van der Waals surface area contributed by atoms with Crippen molar-refractivity contribution in [1.82, 2.24) is 10.2 Å². The summed E-state index contributed by atoms with van der Waals surface area (Å²) in [4.78, 5) is 25.8. The molecule has 1 N–H and O–H groups in total. The smallest absolute Gasteiger partial charge is 0.396 e. The van der Waals surface area contributed by atoms with Gasteiger partial charge < -0.3 is 10.1 Å². The van der Waals surface area contributed by atoms with Crippen LogP contribution in [0.2, 0.25) is 0 Å². The Labute approximate surface area is 144 Å². The van der Waals surface area contributed by atoms with Gasteiger partial charge in [0, 0.05) is 6.54 Å². The molecular weight excluding hydrogens is 304 g/mol. The van der Waals surface area contributed by atoms with Crippen molar-refractivity contribution >= 4 is 11.9 Å². The molecule has 0 aliphatic carbocycles. The predicted octanol–water partition coefficient (Wildman–Crippen LogP) is 2.45. The molecule has 0 radical (unpaired) electrons. The lowest BCUT2D eigenvalue weighted by Crippen LogP contribution is -2.43. The van der Waals surface area contributed by atoms with Crippen molar-refractivity contribution in [2.75, 3.05) is 26.2 Å². The fourth-order valence-electron chi connectivity index (χ4n) is 3.04. The van der Waals surface area contributed by atoms with Crippen molar-refractivity contribution in [1.29, 1.82) is 0 Å². The lowest BCUT2D eigenvalue weighted by molar-refractivity contribution is -0.154. The fourth-order valence-corrected chi connectivity index (χ4v) is 3.04. The standard InChI is InChI=1S/C19H28N2O3/c1-4-24-19(23)18(22)20-13-17(16-7-5-14(2)6-8-16)21-11-9-15(3)10-12-21/h5-8,15,17H,4,9-13H2,1-3H3,(H,20,22). The highest BCUT2D eigenvalue weighted by Crippen LogP contribution is 2.26. The van der Waals surface area contributed by atoms with Gasteiger partial charge in [0.2, 0.25) is 0 Å². The number of benzene rings is 1. The maximum atomic E-state index is 11.9. The van der Waals surface area contributed by atoms with E-state index in [-0.39, 0.29) is 12.6 Å². The molecule has 24 heavy (non-hydrogen) atoms. The van der Waals surface area contributed by atoms with Crippen LogP contribution in [0.15, 0.2) is 24.3 Å².